The van der Waals surface area contributed by atoms with Crippen molar-refractivity contribution in [1.29, 1.82) is 0 Å². The highest BCUT2D eigenvalue weighted by molar-refractivity contribution is 7.89. The van der Waals surface area contributed by atoms with Gasteiger partial charge in [0.15, 0.2) is 0 Å². The third kappa shape index (κ3) is 7.88. The minimum atomic E-state index is -3.73. The van der Waals surface area contributed by atoms with E-state index in [1.54, 1.807) is 35.7 Å². The molecule has 2 aliphatic carbocycles. The van der Waals surface area contributed by atoms with Gasteiger partial charge in [-0.3, -0.25) is 9.98 Å². The Balaban J connectivity index is 1.27. The van der Waals surface area contributed by atoms with Crippen LogP contribution in [0.15, 0.2) is 80.8 Å². The van der Waals surface area contributed by atoms with Gasteiger partial charge in [0.25, 0.3) is 0 Å². The third-order valence-electron chi connectivity index (χ3n) is 8.94. The lowest BCUT2D eigenvalue weighted by Gasteiger charge is -2.34. The number of nitrogens with one attached hydrogen (secondary N) is 2. The molecule has 0 fully saturated rings. The van der Waals surface area contributed by atoms with E-state index in [2.05, 4.69) is 35.8 Å². The van der Waals surface area contributed by atoms with Crippen molar-refractivity contribution >= 4 is 38.9 Å². The molecule has 46 heavy (non-hydrogen) atoms. The molecule has 248 valence electrons. The van der Waals surface area contributed by atoms with E-state index in [4.69, 9.17) is 37.9 Å². The number of nitrogens with zero attached hydrogens (tertiary/aromatic N) is 3. The Morgan fingerprint density at radius 3 is 2.57 bits per heavy atom. The highest BCUT2D eigenvalue weighted by atomic mass is 35.5. The van der Waals surface area contributed by atoms with Gasteiger partial charge in [-0.25, -0.2) is 8.42 Å². The normalized spacial score (nSPS) is 25.3. The lowest BCUT2D eigenvalue weighted by molar-refractivity contribution is 0.326. The second-order valence-corrected chi connectivity index (χ2v) is 15.4. The number of methoxy groups -OCH3 is 1. The van der Waals surface area contributed by atoms with Crippen LogP contribution < -0.4 is 15.4 Å². The largest absolute Gasteiger partial charge is 0.497 e. The van der Waals surface area contributed by atoms with Crippen molar-refractivity contribution in [2.45, 2.75) is 69.3 Å². The maximum atomic E-state index is 13.9. The topological polar surface area (TPSA) is 95.9 Å². The third-order valence-corrected chi connectivity index (χ3v) is 11.6. The zero-order chi connectivity index (χ0) is 33.0. The van der Waals surface area contributed by atoms with Gasteiger partial charge in [-0.1, -0.05) is 36.2 Å². The van der Waals surface area contributed by atoms with Crippen molar-refractivity contribution in [2.75, 3.05) is 33.3 Å². The van der Waals surface area contributed by atoms with Crippen molar-refractivity contribution in [1.82, 2.24) is 19.9 Å². The van der Waals surface area contributed by atoms with Crippen LogP contribution in [0.1, 0.15) is 68.4 Å². The predicted molar refractivity (Wildman–Crippen MR) is 187 cm³/mol. The van der Waals surface area contributed by atoms with Crippen molar-refractivity contribution < 1.29 is 13.2 Å². The number of hydrogen-bond acceptors (Lipinski definition) is 7. The molecule has 0 radical (unpaired) electrons. The number of allylic oxidation sites excluding steroid dienone is 4. The molecule has 0 spiro atoms. The van der Waals surface area contributed by atoms with Crippen molar-refractivity contribution in [3.63, 3.8) is 0 Å². The number of aliphatic imine (C=N–C) groups is 1. The Morgan fingerprint density at radius 2 is 1.83 bits per heavy atom. The number of aryl methyl sites for hydroxylation is 1. The molecule has 3 aliphatic rings. The summed E-state index contributed by atoms with van der Waals surface area (Å²) in [5.41, 5.74) is 6.13. The molecular weight excluding hydrogens is 641 g/mol. The fraction of sp³-hybridized carbons (Fsp3) is 0.486. The summed E-state index contributed by atoms with van der Waals surface area (Å²) in [5, 5.41) is 7.82. The van der Waals surface area contributed by atoms with Gasteiger partial charge in [-0.2, -0.15) is 4.31 Å². The van der Waals surface area contributed by atoms with E-state index in [0.717, 1.165) is 45.4 Å². The van der Waals surface area contributed by atoms with Crippen LogP contribution in [0.3, 0.4) is 0 Å². The summed E-state index contributed by atoms with van der Waals surface area (Å²) in [6.45, 7) is 10.1. The Labute approximate surface area is 284 Å². The number of rotatable bonds is 12. The first-order valence-electron chi connectivity index (χ1n) is 16.0. The molecule has 2 N–H and O–H groups in total. The van der Waals surface area contributed by atoms with Crippen molar-refractivity contribution in [3.8, 4) is 5.75 Å². The standard InChI is InChI=1S/C35H45Cl2N5O3S/c1-22-18-29-32(21-25(4)41-35(29)30(36)19-22)38-14-6-16-42(46(43,44)27-11-9-26(45-5)10-12-27)17-7-15-39-33-23(2)20-31(37)34-28(33)13-8-24(3)40-34/h8-13,18-19,21,23,29,31,33,35,39,41H,6-7,14-17,20H2,1-5H3. The fourth-order valence-electron chi connectivity index (χ4n) is 6.59. The minimum Gasteiger partial charge on any atom is -0.497 e. The van der Waals surface area contributed by atoms with E-state index >= 15 is 0 Å². The summed E-state index contributed by atoms with van der Waals surface area (Å²) >= 11 is 13.3. The molecule has 2 heterocycles. The average molecular weight is 687 g/mol. The lowest BCUT2D eigenvalue weighted by atomic mass is 9.82. The number of halogens is 2. The van der Waals surface area contributed by atoms with E-state index in [1.807, 2.05) is 32.9 Å². The molecule has 5 atom stereocenters. The molecule has 11 heteroatoms. The summed E-state index contributed by atoms with van der Waals surface area (Å²) in [7, 11) is -2.17. The van der Waals surface area contributed by atoms with Gasteiger partial charge in [0.05, 0.1) is 29.1 Å². The molecule has 0 bridgehead atoms. The SMILES string of the molecule is COc1ccc(S(=O)(=O)N(CCCN=C2C=C(C)NC3C(Cl)=CC(C)=CC23)CCCNC2c3ccc(C)nc3C(Cl)CC2C)cc1. The van der Waals surface area contributed by atoms with Crippen LogP contribution in [0.2, 0.25) is 0 Å². The Kier molecular flexibility index (Phi) is 11.3. The molecule has 1 aromatic carbocycles. The zero-order valence-corrected chi connectivity index (χ0v) is 29.6. The number of sulfonamides is 1. The number of aromatic nitrogens is 1. The molecule has 5 unspecified atom stereocenters. The fourth-order valence-corrected chi connectivity index (χ4v) is 8.92. The Hall–Kier alpha value is -2.69. The predicted octanol–water partition coefficient (Wildman–Crippen LogP) is 6.84. The van der Waals surface area contributed by atoms with Crippen LogP contribution in [0.25, 0.3) is 0 Å². The molecule has 1 aromatic heterocycles. The van der Waals surface area contributed by atoms with Crippen LogP contribution in [-0.2, 0) is 10.0 Å². The highest BCUT2D eigenvalue weighted by Gasteiger charge is 2.34. The molecule has 0 saturated heterocycles. The second-order valence-electron chi connectivity index (χ2n) is 12.5. The zero-order valence-electron chi connectivity index (χ0n) is 27.3. The summed E-state index contributed by atoms with van der Waals surface area (Å²) in [4.78, 5) is 9.91. The first-order valence-corrected chi connectivity index (χ1v) is 18.3. The molecule has 0 saturated carbocycles. The molecule has 8 nitrogen and oxygen atoms in total. The van der Waals surface area contributed by atoms with Gasteiger partial charge in [-0.15, -0.1) is 11.6 Å². The van der Waals surface area contributed by atoms with E-state index in [9.17, 15) is 8.42 Å². The van der Waals surface area contributed by atoms with Crippen molar-refractivity contribution in [3.05, 3.63) is 87.9 Å². The summed E-state index contributed by atoms with van der Waals surface area (Å²) in [6.07, 6.45) is 8.32. The number of pyridine rings is 1. The van der Waals surface area contributed by atoms with Gasteiger partial charge < -0.3 is 15.4 Å². The molecule has 2 aromatic rings. The highest BCUT2D eigenvalue weighted by Crippen LogP contribution is 2.42. The molecule has 5 rings (SSSR count). The smallest absolute Gasteiger partial charge is 0.243 e. The lowest BCUT2D eigenvalue weighted by Crippen LogP contribution is -2.43. The summed E-state index contributed by atoms with van der Waals surface area (Å²) in [6, 6.07) is 10.8. The number of alkyl halides is 1. The van der Waals surface area contributed by atoms with Gasteiger partial charge >= 0.3 is 0 Å². The molecule has 1 aliphatic heterocycles. The number of benzene rings is 1. The van der Waals surface area contributed by atoms with Gasteiger partial charge in [-0.05, 0) is 101 Å². The minimum absolute atomic E-state index is 0.0254. The van der Waals surface area contributed by atoms with Crippen LogP contribution in [0, 0.1) is 18.8 Å². The maximum Gasteiger partial charge on any atom is 0.243 e. The first-order chi connectivity index (χ1) is 22.0. The summed E-state index contributed by atoms with van der Waals surface area (Å²) < 4.78 is 34.6. The molecule has 0 amide bonds. The van der Waals surface area contributed by atoms with Gasteiger partial charge in [0.2, 0.25) is 10.0 Å². The monoisotopic (exact) mass is 685 g/mol. The Morgan fingerprint density at radius 1 is 1.09 bits per heavy atom. The average Bonchev–Trinajstić information content (AvgIpc) is 3.02. The van der Waals surface area contributed by atoms with E-state index in [1.165, 1.54) is 0 Å². The van der Waals surface area contributed by atoms with Crippen LogP contribution in [0.5, 0.6) is 5.75 Å². The number of hydrogen-bond donors (Lipinski definition) is 2. The Bertz CT molecular complexity index is 1640. The van der Waals surface area contributed by atoms with Crippen LogP contribution >= 0.6 is 23.2 Å². The van der Waals surface area contributed by atoms with Gasteiger partial charge in [0, 0.05) is 53.7 Å². The van der Waals surface area contributed by atoms with Crippen LogP contribution in [0.4, 0.5) is 0 Å². The second kappa shape index (κ2) is 15.0. The van der Waals surface area contributed by atoms with Crippen LogP contribution in [-0.4, -0.2) is 62.7 Å². The van der Waals surface area contributed by atoms with Gasteiger partial charge in [0.1, 0.15) is 5.75 Å². The van der Waals surface area contributed by atoms with E-state index in [-0.39, 0.29) is 28.3 Å². The number of ether oxygens (including phenoxy) is 1. The van der Waals surface area contributed by atoms with Crippen molar-refractivity contribution in [2.24, 2.45) is 16.8 Å². The van der Waals surface area contributed by atoms with E-state index in [0.29, 0.717) is 50.7 Å². The molecular formula is C35H45Cl2N5O3S. The maximum absolute atomic E-state index is 13.9. The quantitative estimate of drug-likeness (QED) is 0.188. The van der Waals surface area contributed by atoms with E-state index < -0.39 is 10.0 Å². The summed E-state index contributed by atoms with van der Waals surface area (Å²) in [5.74, 6) is 0.993. The number of fused-ring (bicyclic) bond motifs is 2. The first kappa shape index (κ1) is 34.6.